The van der Waals surface area contributed by atoms with Crippen molar-refractivity contribution in [2.75, 3.05) is 5.32 Å². The van der Waals surface area contributed by atoms with E-state index in [1.807, 2.05) is 36.4 Å². The quantitative estimate of drug-likeness (QED) is 0.745. The van der Waals surface area contributed by atoms with E-state index in [1.165, 1.54) is 10.9 Å². The molecule has 3 rings (SSSR count). The normalized spacial score (nSPS) is 10.2. The fourth-order valence-electron chi connectivity index (χ4n) is 2.21. The zero-order valence-corrected chi connectivity index (χ0v) is 13.1. The van der Waals surface area contributed by atoms with Crippen molar-refractivity contribution in [1.29, 1.82) is 0 Å². The molecule has 0 aliphatic rings. The Hall–Kier alpha value is -3.61. The second-order valence-corrected chi connectivity index (χ2v) is 5.16. The summed E-state index contributed by atoms with van der Waals surface area (Å²) >= 11 is 0. The van der Waals surface area contributed by atoms with Crippen LogP contribution in [0.1, 0.15) is 16.1 Å². The van der Waals surface area contributed by atoms with Crippen molar-refractivity contribution in [2.45, 2.75) is 6.61 Å². The van der Waals surface area contributed by atoms with Gasteiger partial charge >= 0.3 is 12.1 Å². The van der Waals surface area contributed by atoms with Gasteiger partial charge in [0.25, 0.3) is 0 Å². The summed E-state index contributed by atoms with van der Waals surface area (Å²) in [5.74, 6) is -1.24. The second kappa shape index (κ2) is 7.31. The Morgan fingerprint density at radius 3 is 2.32 bits per heavy atom. The topological polar surface area (TPSA) is 93.5 Å². The number of hydrogen-bond acceptors (Lipinski definition) is 4. The van der Waals surface area contributed by atoms with Gasteiger partial charge in [-0.3, -0.25) is 5.32 Å². The Bertz CT molecular complexity index is 876. The highest BCUT2D eigenvalue weighted by Crippen LogP contribution is 2.18. The molecule has 0 unspecified atom stereocenters. The van der Waals surface area contributed by atoms with Crippen LogP contribution >= 0.6 is 0 Å². The minimum absolute atomic E-state index is 0.0643. The lowest BCUT2D eigenvalue weighted by molar-refractivity contribution is 0.0691. The first-order chi connectivity index (χ1) is 12.1. The van der Waals surface area contributed by atoms with Gasteiger partial charge < -0.3 is 9.84 Å². The van der Waals surface area contributed by atoms with Gasteiger partial charge in [0.05, 0.1) is 17.6 Å². The number of benzene rings is 2. The van der Waals surface area contributed by atoms with Gasteiger partial charge in [0.15, 0.2) is 5.69 Å². The molecule has 0 saturated heterocycles. The molecule has 0 aliphatic carbocycles. The number of nitrogens with zero attached hydrogens (tertiary/aromatic N) is 2. The molecule has 0 radical (unpaired) electrons. The molecule has 0 spiro atoms. The number of ether oxygens (including phenoxy) is 1. The van der Waals surface area contributed by atoms with Gasteiger partial charge in [-0.1, -0.05) is 48.5 Å². The minimum atomic E-state index is -1.24. The molecule has 3 aromatic rings. The number of nitrogens with one attached hydrogen (secondary N) is 1. The predicted octanol–water partition coefficient (Wildman–Crippen LogP) is 3.32. The summed E-state index contributed by atoms with van der Waals surface area (Å²) in [6.45, 7) is 0.0852. The number of hydrogen-bond donors (Lipinski definition) is 2. The van der Waals surface area contributed by atoms with E-state index < -0.39 is 12.1 Å². The Kier molecular flexibility index (Phi) is 4.75. The van der Waals surface area contributed by atoms with Crippen LogP contribution in [0.25, 0.3) is 5.69 Å². The smallest absolute Gasteiger partial charge is 0.412 e. The molecule has 1 amide bonds. The fraction of sp³-hybridized carbons (Fsp3) is 0.0556. The first-order valence-corrected chi connectivity index (χ1v) is 7.49. The van der Waals surface area contributed by atoms with Crippen molar-refractivity contribution in [3.8, 4) is 5.69 Å². The molecule has 2 N–H and O–H groups in total. The lowest BCUT2D eigenvalue weighted by Crippen LogP contribution is -2.15. The van der Waals surface area contributed by atoms with Crippen LogP contribution in [-0.4, -0.2) is 26.9 Å². The highest BCUT2D eigenvalue weighted by atomic mass is 16.5. The van der Waals surface area contributed by atoms with Gasteiger partial charge in [-0.25, -0.2) is 14.3 Å². The van der Waals surface area contributed by atoms with Crippen LogP contribution in [0.2, 0.25) is 0 Å². The van der Waals surface area contributed by atoms with Gasteiger partial charge in [0.1, 0.15) is 6.61 Å². The maximum atomic E-state index is 11.9. The second-order valence-electron chi connectivity index (χ2n) is 5.16. The van der Waals surface area contributed by atoms with Gasteiger partial charge in [0.2, 0.25) is 0 Å². The molecule has 2 aromatic carbocycles. The predicted molar refractivity (Wildman–Crippen MR) is 90.8 cm³/mol. The summed E-state index contributed by atoms with van der Waals surface area (Å²) in [5.41, 5.74) is 1.31. The number of amides is 1. The number of carboxylic acid groups (broad SMARTS) is 1. The van der Waals surface area contributed by atoms with E-state index in [1.54, 1.807) is 24.3 Å². The molecule has 0 atom stereocenters. The molecule has 0 bridgehead atoms. The highest BCUT2D eigenvalue weighted by molar-refractivity contribution is 5.97. The van der Waals surface area contributed by atoms with E-state index in [4.69, 9.17) is 4.74 Å². The average Bonchev–Trinajstić information content (AvgIpc) is 3.06. The van der Waals surface area contributed by atoms with Crippen LogP contribution in [0.15, 0.2) is 66.9 Å². The van der Waals surface area contributed by atoms with Crippen LogP contribution in [0, 0.1) is 0 Å². The molecule has 7 nitrogen and oxygen atoms in total. The van der Waals surface area contributed by atoms with Crippen LogP contribution < -0.4 is 5.32 Å². The minimum Gasteiger partial charge on any atom is -0.476 e. The van der Waals surface area contributed by atoms with Gasteiger partial charge in [-0.2, -0.15) is 5.10 Å². The van der Waals surface area contributed by atoms with Crippen LogP contribution in [0.3, 0.4) is 0 Å². The third kappa shape index (κ3) is 4.03. The van der Waals surface area contributed by atoms with Gasteiger partial charge in [-0.15, -0.1) is 0 Å². The molecular formula is C18H15N3O4. The fourth-order valence-corrected chi connectivity index (χ4v) is 2.21. The highest BCUT2D eigenvalue weighted by Gasteiger charge is 2.19. The van der Waals surface area contributed by atoms with Crippen molar-refractivity contribution in [3.63, 3.8) is 0 Å². The van der Waals surface area contributed by atoms with Crippen LogP contribution in [0.5, 0.6) is 0 Å². The summed E-state index contributed by atoms with van der Waals surface area (Å²) < 4.78 is 6.49. The zero-order chi connectivity index (χ0) is 17.6. The first kappa shape index (κ1) is 16.3. The van der Waals surface area contributed by atoms with Crippen molar-refractivity contribution in [3.05, 3.63) is 78.1 Å². The lowest BCUT2D eigenvalue weighted by Gasteiger charge is -2.06. The average molecular weight is 337 g/mol. The van der Waals surface area contributed by atoms with Crippen molar-refractivity contribution in [1.82, 2.24) is 9.78 Å². The molecule has 7 heteroatoms. The summed E-state index contributed by atoms with van der Waals surface area (Å²) in [7, 11) is 0. The maximum Gasteiger partial charge on any atom is 0.412 e. The Morgan fingerprint density at radius 1 is 1.04 bits per heavy atom. The van der Waals surface area contributed by atoms with Crippen molar-refractivity contribution < 1.29 is 19.4 Å². The Labute approximate surface area is 143 Å². The van der Waals surface area contributed by atoms with Crippen molar-refractivity contribution in [2.24, 2.45) is 0 Å². The van der Waals surface area contributed by atoms with Crippen LogP contribution in [-0.2, 0) is 11.3 Å². The summed E-state index contributed by atoms with van der Waals surface area (Å²) in [4.78, 5) is 23.3. The van der Waals surface area contributed by atoms with E-state index >= 15 is 0 Å². The third-order valence-corrected chi connectivity index (χ3v) is 3.39. The molecule has 1 heterocycles. The van der Waals surface area contributed by atoms with E-state index in [2.05, 4.69) is 10.4 Å². The molecule has 126 valence electrons. The number of carbonyl (C=O) groups is 2. The number of aromatic nitrogens is 2. The Morgan fingerprint density at radius 2 is 1.68 bits per heavy atom. The summed E-state index contributed by atoms with van der Waals surface area (Å²) in [5, 5.41) is 15.7. The molecule has 0 aliphatic heterocycles. The van der Waals surface area contributed by atoms with E-state index in [9.17, 15) is 14.7 Å². The van der Waals surface area contributed by atoms with E-state index in [-0.39, 0.29) is 18.0 Å². The number of anilines is 1. The van der Waals surface area contributed by atoms with Crippen LogP contribution in [0.4, 0.5) is 10.5 Å². The summed E-state index contributed by atoms with van der Waals surface area (Å²) in [6.07, 6.45) is 0.682. The third-order valence-electron chi connectivity index (χ3n) is 3.39. The lowest BCUT2D eigenvalue weighted by atomic mass is 10.2. The number of carboxylic acids is 1. The largest absolute Gasteiger partial charge is 0.476 e. The number of rotatable bonds is 5. The number of aromatic carboxylic acids is 1. The van der Waals surface area contributed by atoms with Crippen molar-refractivity contribution >= 4 is 17.7 Å². The zero-order valence-electron chi connectivity index (χ0n) is 13.1. The Balaban J connectivity index is 1.73. The van der Waals surface area contributed by atoms with E-state index in [0.717, 1.165) is 5.56 Å². The number of carbonyl (C=O) groups excluding carboxylic acids is 1. The van der Waals surface area contributed by atoms with Gasteiger partial charge in [-0.05, 0) is 17.7 Å². The summed E-state index contributed by atoms with van der Waals surface area (Å²) in [6, 6.07) is 18.2. The molecule has 1 aromatic heterocycles. The first-order valence-electron chi connectivity index (χ1n) is 7.49. The van der Waals surface area contributed by atoms with E-state index in [0.29, 0.717) is 5.69 Å². The molecular weight excluding hydrogens is 322 g/mol. The van der Waals surface area contributed by atoms with Gasteiger partial charge in [0, 0.05) is 0 Å². The standard InChI is InChI=1S/C18H15N3O4/c22-17(23)16-15(11-21(20-16)14-9-5-2-6-10-14)19-18(24)25-12-13-7-3-1-4-8-13/h1-11H,12H2,(H,19,24)(H,22,23). The molecule has 25 heavy (non-hydrogen) atoms. The SMILES string of the molecule is O=C(Nc1cn(-c2ccccc2)nc1C(=O)O)OCc1ccccc1. The molecule has 0 fully saturated rings. The molecule has 0 saturated carbocycles. The number of para-hydroxylation sites is 1. The monoisotopic (exact) mass is 337 g/mol. The maximum absolute atomic E-state index is 11.9.